The number of carbonyl (C=O) groups excluding carboxylic acids is 1. The van der Waals surface area contributed by atoms with Crippen molar-refractivity contribution in [1.82, 2.24) is 4.90 Å². The minimum absolute atomic E-state index is 0.103. The number of hydrogen-bond donors (Lipinski definition) is 1. The first kappa shape index (κ1) is 20.7. The minimum Gasteiger partial charge on any atom is -0.494 e. The molecule has 2 amide bonds. The number of likely N-dealkylation sites (tertiary alicyclic amines) is 1. The fourth-order valence-electron chi connectivity index (χ4n) is 2.99. The highest BCUT2D eigenvalue weighted by Crippen LogP contribution is 2.24. The van der Waals surface area contributed by atoms with Gasteiger partial charge in [0, 0.05) is 23.5 Å². The van der Waals surface area contributed by atoms with Crippen molar-refractivity contribution in [2.24, 2.45) is 22.6 Å². The number of rotatable bonds is 6. The van der Waals surface area contributed by atoms with Crippen molar-refractivity contribution in [3.8, 4) is 5.75 Å². The van der Waals surface area contributed by atoms with Crippen LogP contribution >= 0.6 is 15.9 Å². The van der Waals surface area contributed by atoms with Crippen molar-refractivity contribution in [1.29, 1.82) is 0 Å². The number of nitrogens with two attached hydrogens (primary N) is 1. The highest BCUT2D eigenvalue weighted by atomic mass is 79.9. The maximum atomic E-state index is 12.1. The predicted molar refractivity (Wildman–Crippen MR) is 110 cm³/mol. The third-order valence-corrected chi connectivity index (χ3v) is 5.75. The summed E-state index contributed by atoms with van der Waals surface area (Å²) in [5.74, 6) is 2.09. The van der Waals surface area contributed by atoms with E-state index in [9.17, 15) is 4.79 Å². The van der Waals surface area contributed by atoms with Crippen LogP contribution in [0, 0.1) is 18.8 Å². The van der Waals surface area contributed by atoms with E-state index in [0.717, 1.165) is 55.6 Å². The molecule has 0 aliphatic carbocycles. The summed E-state index contributed by atoms with van der Waals surface area (Å²) in [6, 6.07) is 5.87. The normalized spacial score (nSPS) is 16.2. The van der Waals surface area contributed by atoms with Crippen LogP contribution in [-0.4, -0.2) is 36.5 Å². The zero-order valence-electron chi connectivity index (χ0n) is 16.0. The Hall–Kier alpha value is -1.56. The lowest BCUT2D eigenvalue weighted by Gasteiger charge is -2.30. The van der Waals surface area contributed by atoms with Gasteiger partial charge in [-0.25, -0.2) is 4.79 Å². The first-order valence-electron chi connectivity index (χ1n) is 9.38. The van der Waals surface area contributed by atoms with E-state index in [1.807, 2.05) is 30.9 Å². The molecule has 1 aromatic carbocycles. The maximum Gasteiger partial charge on any atom is 0.345 e. The molecule has 1 saturated heterocycles. The number of hydrogen-bond acceptors (Lipinski definition) is 2. The van der Waals surface area contributed by atoms with E-state index in [-0.39, 0.29) is 11.9 Å². The molecule has 2 N–H and O–H groups in total. The Balaban J connectivity index is 1.66. The molecule has 0 bridgehead atoms. The largest absolute Gasteiger partial charge is 0.494 e. The maximum absolute atomic E-state index is 12.1. The van der Waals surface area contributed by atoms with Crippen LogP contribution in [0.3, 0.4) is 0 Å². The number of piperidine rings is 1. The fourth-order valence-corrected chi connectivity index (χ4v) is 3.24. The van der Waals surface area contributed by atoms with Gasteiger partial charge in [-0.05, 0) is 62.3 Å². The first-order chi connectivity index (χ1) is 12.4. The molecule has 5 nitrogen and oxygen atoms in total. The summed E-state index contributed by atoms with van der Waals surface area (Å²) >= 11 is 3.50. The fraction of sp³-hybridized carbons (Fsp3) is 0.600. The van der Waals surface area contributed by atoms with Crippen LogP contribution in [-0.2, 0) is 0 Å². The second-order valence-electron chi connectivity index (χ2n) is 7.31. The van der Waals surface area contributed by atoms with E-state index in [2.05, 4.69) is 33.9 Å². The quantitative estimate of drug-likeness (QED) is 0.407. The molecule has 1 aromatic rings. The molecule has 0 saturated carbocycles. The molecule has 1 fully saturated rings. The molecule has 0 unspecified atom stereocenters. The van der Waals surface area contributed by atoms with E-state index < -0.39 is 0 Å². The van der Waals surface area contributed by atoms with Gasteiger partial charge >= 0.3 is 6.03 Å². The number of nitrogens with zero attached hydrogens (tertiary/aromatic N) is 2. The van der Waals surface area contributed by atoms with Gasteiger partial charge in [0.2, 0.25) is 0 Å². The van der Waals surface area contributed by atoms with Crippen LogP contribution in [0.2, 0.25) is 0 Å². The lowest BCUT2D eigenvalue weighted by Crippen LogP contribution is -2.38. The molecule has 0 aromatic heterocycles. The third-order valence-electron chi connectivity index (χ3n) is 4.86. The van der Waals surface area contributed by atoms with E-state index in [0.29, 0.717) is 11.8 Å². The average molecular weight is 424 g/mol. The van der Waals surface area contributed by atoms with E-state index >= 15 is 0 Å². The number of amides is 2. The highest BCUT2D eigenvalue weighted by Gasteiger charge is 2.22. The standard InChI is InChI=1S/C20H30BrN3O2/c1-14(2)19(22)23-20(25)24-10-8-16(9-11-24)5-4-12-26-17-6-7-18(21)15(3)13-17/h6-7,13-14,16H,4-5,8-12H2,1-3H3,(H2,22,23,25). The molecule has 144 valence electrons. The van der Waals surface area contributed by atoms with Gasteiger partial charge in [-0.3, -0.25) is 0 Å². The molecule has 0 radical (unpaired) electrons. The molecule has 0 atom stereocenters. The van der Waals surface area contributed by atoms with Gasteiger partial charge in [-0.2, -0.15) is 4.99 Å². The highest BCUT2D eigenvalue weighted by molar-refractivity contribution is 9.10. The molecule has 2 rings (SSSR count). The lowest BCUT2D eigenvalue weighted by molar-refractivity contribution is 0.173. The second-order valence-corrected chi connectivity index (χ2v) is 8.16. The molecule has 1 aliphatic rings. The summed E-state index contributed by atoms with van der Waals surface area (Å²) in [5, 5.41) is 0. The summed E-state index contributed by atoms with van der Waals surface area (Å²) in [6.45, 7) is 8.21. The topological polar surface area (TPSA) is 67.9 Å². The monoisotopic (exact) mass is 423 g/mol. The Morgan fingerprint density at radius 1 is 1.38 bits per heavy atom. The third kappa shape index (κ3) is 6.31. The summed E-state index contributed by atoms with van der Waals surface area (Å²) < 4.78 is 6.94. The van der Waals surface area contributed by atoms with E-state index in [1.54, 1.807) is 0 Å². The van der Waals surface area contributed by atoms with Crippen molar-refractivity contribution in [2.75, 3.05) is 19.7 Å². The molecule has 6 heteroatoms. The van der Waals surface area contributed by atoms with Gasteiger partial charge < -0.3 is 15.4 Å². The van der Waals surface area contributed by atoms with Crippen LogP contribution in [0.25, 0.3) is 0 Å². The Bertz CT molecular complexity index is 638. The Morgan fingerprint density at radius 3 is 2.69 bits per heavy atom. The van der Waals surface area contributed by atoms with Crippen LogP contribution < -0.4 is 10.5 Å². The minimum atomic E-state index is -0.191. The average Bonchev–Trinajstić information content (AvgIpc) is 2.62. The van der Waals surface area contributed by atoms with Crippen LogP contribution in [0.1, 0.15) is 45.1 Å². The van der Waals surface area contributed by atoms with Crippen LogP contribution in [0.5, 0.6) is 5.75 Å². The zero-order chi connectivity index (χ0) is 19.1. The first-order valence-corrected chi connectivity index (χ1v) is 10.2. The molecule has 1 heterocycles. The number of carbonyl (C=O) groups is 1. The summed E-state index contributed by atoms with van der Waals surface area (Å²) in [4.78, 5) is 17.9. The number of aryl methyl sites for hydroxylation is 1. The van der Waals surface area contributed by atoms with Gasteiger partial charge in [0.05, 0.1) is 6.61 Å². The van der Waals surface area contributed by atoms with Gasteiger partial charge in [0.15, 0.2) is 0 Å². The Kier molecular flexibility index (Phi) is 7.94. The number of halogens is 1. The second kappa shape index (κ2) is 9.95. The van der Waals surface area contributed by atoms with Crippen LogP contribution in [0.4, 0.5) is 4.79 Å². The number of ether oxygens (including phenoxy) is 1. The lowest BCUT2D eigenvalue weighted by atomic mass is 9.92. The van der Waals surface area contributed by atoms with Crippen molar-refractivity contribution >= 4 is 27.8 Å². The summed E-state index contributed by atoms with van der Waals surface area (Å²) in [5.41, 5.74) is 6.96. The zero-order valence-corrected chi connectivity index (χ0v) is 17.6. The molecule has 26 heavy (non-hydrogen) atoms. The smallest absolute Gasteiger partial charge is 0.345 e. The van der Waals surface area contributed by atoms with Crippen LogP contribution in [0.15, 0.2) is 27.7 Å². The molecule has 1 aliphatic heterocycles. The summed E-state index contributed by atoms with van der Waals surface area (Å²) in [7, 11) is 0. The Morgan fingerprint density at radius 2 is 2.08 bits per heavy atom. The van der Waals surface area contributed by atoms with Gasteiger partial charge in [-0.1, -0.05) is 29.8 Å². The summed E-state index contributed by atoms with van der Waals surface area (Å²) in [6.07, 6.45) is 4.22. The van der Waals surface area contributed by atoms with Crippen molar-refractivity contribution in [3.63, 3.8) is 0 Å². The van der Waals surface area contributed by atoms with E-state index in [4.69, 9.17) is 10.5 Å². The number of benzene rings is 1. The number of urea groups is 1. The van der Waals surface area contributed by atoms with E-state index in [1.165, 1.54) is 5.56 Å². The predicted octanol–water partition coefficient (Wildman–Crippen LogP) is 4.76. The Labute approximate surface area is 165 Å². The number of amidine groups is 1. The van der Waals surface area contributed by atoms with Gasteiger partial charge in [0.25, 0.3) is 0 Å². The van der Waals surface area contributed by atoms with Crippen molar-refractivity contribution in [3.05, 3.63) is 28.2 Å². The SMILES string of the molecule is Cc1cc(OCCCC2CCN(C(=O)/N=C(\N)C(C)C)CC2)ccc1Br. The number of aliphatic imine (C=N–C) groups is 1. The molecular weight excluding hydrogens is 394 g/mol. The van der Waals surface area contributed by atoms with Crippen molar-refractivity contribution in [2.45, 2.75) is 46.5 Å². The van der Waals surface area contributed by atoms with Crippen molar-refractivity contribution < 1.29 is 9.53 Å². The van der Waals surface area contributed by atoms with Gasteiger partial charge in [-0.15, -0.1) is 0 Å². The molecular formula is C20H30BrN3O2. The molecule has 0 spiro atoms. The van der Waals surface area contributed by atoms with Gasteiger partial charge in [0.1, 0.15) is 11.6 Å².